The molecular weight excluding hydrogens is 242 g/mol. The summed E-state index contributed by atoms with van der Waals surface area (Å²) in [5, 5.41) is 3.51. The van der Waals surface area contributed by atoms with Crippen LogP contribution in [0.15, 0.2) is 29.2 Å². The lowest BCUT2D eigenvalue weighted by Crippen LogP contribution is -2.45. The molecule has 1 aromatic rings. The summed E-state index contributed by atoms with van der Waals surface area (Å²) in [4.78, 5) is 6.25. The average Bonchev–Trinajstić information content (AvgIpc) is 2.41. The molecule has 1 heterocycles. The number of rotatable bonds is 5. The standard InChI is InChI=1S/C14H23N3S/c1-16-8-10-17(11-9-16)7-6-15-13-4-3-5-14(12-13)18-2/h3-5,12,15H,6-11H2,1-2H3. The Morgan fingerprint density at radius 2 is 2.00 bits per heavy atom. The molecule has 1 fully saturated rings. The molecule has 0 aromatic heterocycles. The summed E-state index contributed by atoms with van der Waals surface area (Å²) < 4.78 is 0. The third kappa shape index (κ3) is 4.19. The highest BCUT2D eigenvalue weighted by Crippen LogP contribution is 2.18. The molecule has 1 N–H and O–H groups in total. The van der Waals surface area contributed by atoms with Crippen LogP contribution in [0.2, 0.25) is 0 Å². The molecule has 0 unspecified atom stereocenters. The molecule has 1 aliphatic heterocycles. The van der Waals surface area contributed by atoms with Gasteiger partial charge in [-0.25, -0.2) is 0 Å². The Bertz CT molecular complexity index is 362. The second-order valence-electron chi connectivity index (χ2n) is 4.80. The van der Waals surface area contributed by atoms with Gasteiger partial charge in [-0.3, -0.25) is 4.90 Å². The molecule has 0 bridgehead atoms. The van der Waals surface area contributed by atoms with Gasteiger partial charge in [0.15, 0.2) is 0 Å². The molecule has 0 aliphatic carbocycles. The van der Waals surface area contributed by atoms with Crippen LogP contribution in [0.4, 0.5) is 5.69 Å². The van der Waals surface area contributed by atoms with Crippen molar-refractivity contribution in [3.05, 3.63) is 24.3 Å². The number of nitrogens with one attached hydrogen (secondary N) is 1. The third-order valence-electron chi connectivity index (χ3n) is 3.42. The molecule has 2 rings (SSSR count). The Morgan fingerprint density at radius 3 is 2.72 bits per heavy atom. The quantitative estimate of drug-likeness (QED) is 0.821. The SMILES string of the molecule is CSc1cccc(NCCN2CCN(C)CC2)c1. The lowest BCUT2D eigenvalue weighted by atomic mass is 10.3. The van der Waals surface area contributed by atoms with Gasteiger partial charge in [-0.05, 0) is 31.5 Å². The summed E-state index contributed by atoms with van der Waals surface area (Å²) in [6.45, 7) is 6.95. The van der Waals surface area contributed by atoms with Crippen LogP contribution in [-0.4, -0.2) is 62.4 Å². The fourth-order valence-corrected chi connectivity index (χ4v) is 2.62. The Labute approximate surface area is 115 Å². The van der Waals surface area contributed by atoms with Gasteiger partial charge >= 0.3 is 0 Å². The largest absolute Gasteiger partial charge is 0.384 e. The summed E-state index contributed by atoms with van der Waals surface area (Å²) >= 11 is 1.79. The summed E-state index contributed by atoms with van der Waals surface area (Å²) in [5.41, 5.74) is 1.23. The van der Waals surface area contributed by atoms with Gasteiger partial charge in [0, 0.05) is 49.9 Å². The fourth-order valence-electron chi connectivity index (χ4n) is 2.16. The number of benzene rings is 1. The highest BCUT2D eigenvalue weighted by Gasteiger charge is 2.12. The predicted molar refractivity (Wildman–Crippen MR) is 80.6 cm³/mol. The molecule has 100 valence electrons. The number of piperazine rings is 1. The number of hydrogen-bond donors (Lipinski definition) is 1. The van der Waals surface area contributed by atoms with Gasteiger partial charge in [0.2, 0.25) is 0 Å². The Balaban J connectivity index is 1.71. The van der Waals surface area contributed by atoms with Crippen LogP contribution in [0.3, 0.4) is 0 Å². The number of thioether (sulfide) groups is 1. The van der Waals surface area contributed by atoms with Crippen LogP contribution in [-0.2, 0) is 0 Å². The van der Waals surface area contributed by atoms with Crippen LogP contribution in [0, 0.1) is 0 Å². The van der Waals surface area contributed by atoms with E-state index in [-0.39, 0.29) is 0 Å². The molecule has 0 saturated carbocycles. The second kappa shape index (κ2) is 7.02. The molecule has 0 radical (unpaired) electrons. The van der Waals surface area contributed by atoms with Crippen LogP contribution >= 0.6 is 11.8 Å². The monoisotopic (exact) mass is 265 g/mol. The first-order chi connectivity index (χ1) is 8.78. The van der Waals surface area contributed by atoms with Crippen molar-refractivity contribution >= 4 is 17.4 Å². The smallest absolute Gasteiger partial charge is 0.0351 e. The molecule has 3 nitrogen and oxygen atoms in total. The molecular formula is C14H23N3S. The van der Waals surface area contributed by atoms with Crippen LogP contribution in [0.1, 0.15) is 0 Å². The van der Waals surface area contributed by atoms with Crippen molar-refractivity contribution in [1.29, 1.82) is 0 Å². The summed E-state index contributed by atoms with van der Waals surface area (Å²) in [5.74, 6) is 0. The Hall–Kier alpha value is -0.710. The van der Waals surface area contributed by atoms with E-state index in [1.807, 2.05) is 0 Å². The van der Waals surface area contributed by atoms with E-state index < -0.39 is 0 Å². The van der Waals surface area contributed by atoms with Gasteiger partial charge in [0.05, 0.1) is 0 Å². The number of hydrogen-bond acceptors (Lipinski definition) is 4. The van der Waals surface area contributed by atoms with Crippen molar-refractivity contribution in [3.63, 3.8) is 0 Å². The zero-order valence-corrected chi connectivity index (χ0v) is 12.2. The van der Waals surface area contributed by atoms with Gasteiger partial charge in [-0.2, -0.15) is 0 Å². The van der Waals surface area contributed by atoms with E-state index in [4.69, 9.17) is 0 Å². The molecule has 0 atom stereocenters. The van der Waals surface area contributed by atoms with Crippen molar-refractivity contribution in [2.45, 2.75) is 4.90 Å². The maximum Gasteiger partial charge on any atom is 0.0351 e. The molecule has 18 heavy (non-hydrogen) atoms. The van der Waals surface area contributed by atoms with Gasteiger partial charge in [0.1, 0.15) is 0 Å². The van der Waals surface area contributed by atoms with Crippen molar-refractivity contribution in [1.82, 2.24) is 9.80 Å². The van der Waals surface area contributed by atoms with Crippen molar-refractivity contribution in [2.24, 2.45) is 0 Å². The minimum Gasteiger partial charge on any atom is -0.384 e. The van der Waals surface area contributed by atoms with Crippen molar-refractivity contribution < 1.29 is 0 Å². The summed E-state index contributed by atoms with van der Waals surface area (Å²) in [6, 6.07) is 8.62. The molecule has 0 amide bonds. The van der Waals surface area contributed by atoms with E-state index in [1.54, 1.807) is 11.8 Å². The highest BCUT2D eigenvalue weighted by molar-refractivity contribution is 7.98. The van der Waals surface area contributed by atoms with E-state index in [0.29, 0.717) is 0 Å². The topological polar surface area (TPSA) is 18.5 Å². The number of nitrogens with zero attached hydrogens (tertiary/aromatic N) is 2. The fraction of sp³-hybridized carbons (Fsp3) is 0.571. The van der Waals surface area contributed by atoms with Crippen LogP contribution in [0.25, 0.3) is 0 Å². The maximum atomic E-state index is 3.51. The number of anilines is 1. The zero-order valence-electron chi connectivity index (χ0n) is 11.4. The first kappa shape index (κ1) is 13.7. The summed E-state index contributed by atoms with van der Waals surface area (Å²) in [7, 11) is 2.20. The minimum absolute atomic E-state index is 1.03. The van der Waals surface area contributed by atoms with Gasteiger partial charge < -0.3 is 10.2 Å². The molecule has 0 spiro atoms. The Kier molecular flexibility index (Phi) is 5.35. The minimum atomic E-state index is 1.03. The molecule has 1 aliphatic rings. The zero-order chi connectivity index (χ0) is 12.8. The van der Waals surface area contributed by atoms with E-state index >= 15 is 0 Å². The van der Waals surface area contributed by atoms with E-state index in [0.717, 1.165) is 13.1 Å². The Morgan fingerprint density at radius 1 is 1.22 bits per heavy atom. The second-order valence-corrected chi connectivity index (χ2v) is 5.68. The molecule has 4 heteroatoms. The summed E-state index contributed by atoms with van der Waals surface area (Å²) in [6.07, 6.45) is 2.11. The normalized spacial score (nSPS) is 17.9. The van der Waals surface area contributed by atoms with Crippen molar-refractivity contribution in [3.8, 4) is 0 Å². The van der Waals surface area contributed by atoms with E-state index in [2.05, 4.69) is 52.7 Å². The molecule has 1 aromatic carbocycles. The van der Waals surface area contributed by atoms with Gasteiger partial charge in [0.25, 0.3) is 0 Å². The number of likely N-dealkylation sites (N-methyl/N-ethyl adjacent to an activating group) is 1. The highest BCUT2D eigenvalue weighted by atomic mass is 32.2. The van der Waals surface area contributed by atoms with Crippen molar-refractivity contribution in [2.75, 3.05) is 57.9 Å². The third-order valence-corrected chi connectivity index (χ3v) is 4.15. The molecule has 1 saturated heterocycles. The predicted octanol–water partition coefficient (Wildman–Crippen LogP) is 2.07. The van der Waals surface area contributed by atoms with E-state index in [1.165, 1.54) is 36.8 Å². The van der Waals surface area contributed by atoms with Gasteiger partial charge in [-0.1, -0.05) is 6.07 Å². The lowest BCUT2D eigenvalue weighted by molar-refractivity contribution is 0.158. The van der Waals surface area contributed by atoms with Crippen LogP contribution < -0.4 is 5.32 Å². The van der Waals surface area contributed by atoms with Gasteiger partial charge in [-0.15, -0.1) is 11.8 Å². The lowest BCUT2D eigenvalue weighted by Gasteiger charge is -2.32. The van der Waals surface area contributed by atoms with E-state index in [9.17, 15) is 0 Å². The first-order valence-corrected chi connectivity index (χ1v) is 7.79. The first-order valence-electron chi connectivity index (χ1n) is 6.57. The average molecular weight is 265 g/mol. The maximum absolute atomic E-state index is 3.51. The van der Waals surface area contributed by atoms with Crippen LogP contribution in [0.5, 0.6) is 0 Å².